The number of amides is 9. The van der Waals surface area contributed by atoms with Gasteiger partial charge in [0.15, 0.2) is 0 Å². The molecule has 1 aliphatic heterocycles. The topological polar surface area (TPSA) is 256 Å². The van der Waals surface area contributed by atoms with Crippen molar-refractivity contribution >= 4 is 53.2 Å². The Labute approximate surface area is 462 Å². The van der Waals surface area contributed by atoms with E-state index in [1.54, 1.807) is 18.7 Å². The third-order valence-corrected chi connectivity index (χ3v) is 14.6. The van der Waals surface area contributed by atoms with Crippen LogP contribution in [0.5, 0.6) is 0 Å². The number of carbonyl (C=O) groups is 9. The van der Waals surface area contributed by atoms with Crippen molar-refractivity contribution in [3.8, 4) is 0 Å². The van der Waals surface area contributed by atoms with Gasteiger partial charge in [-0.25, -0.2) is 0 Å². The van der Waals surface area contributed by atoms with Gasteiger partial charge in [0.2, 0.25) is 53.2 Å². The third-order valence-electron chi connectivity index (χ3n) is 14.6. The van der Waals surface area contributed by atoms with Crippen LogP contribution in [0.1, 0.15) is 188 Å². The summed E-state index contributed by atoms with van der Waals surface area (Å²) in [6.07, 6.45) is 11.8. The molecule has 0 unspecified atom stereocenters. The van der Waals surface area contributed by atoms with Crippen molar-refractivity contribution in [1.29, 1.82) is 0 Å². The Morgan fingerprint density at radius 1 is 0.584 bits per heavy atom. The highest BCUT2D eigenvalue weighted by Crippen LogP contribution is 2.29. The quantitative estimate of drug-likeness (QED) is 0.0446. The maximum atomic E-state index is 14.4. The predicted octanol–water partition coefficient (Wildman–Crippen LogP) is 5.01. The fourth-order valence-electron chi connectivity index (χ4n) is 9.82. The molecule has 1 heterocycles. The van der Waals surface area contributed by atoms with Crippen molar-refractivity contribution in [2.45, 2.75) is 241 Å². The van der Waals surface area contributed by atoms with Crippen molar-refractivity contribution in [3.63, 3.8) is 0 Å². The van der Waals surface area contributed by atoms with Crippen LogP contribution in [0.15, 0.2) is 12.2 Å². The minimum Gasteiger partial charge on any atom is -0.350 e. The van der Waals surface area contributed by atoms with E-state index in [-0.39, 0.29) is 60.8 Å². The highest BCUT2D eigenvalue weighted by atomic mass is 16.2. The molecule has 0 aromatic heterocycles. The van der Waals surface area contributed by atoms with E-state index >= 15 is 0 Å². The monoisotopic (exact) mass is 1080 g/mol. The second kappa shape index (κ2) is 30.9. The first-order valence-corrected chi connectivity index (χ1v) is 28.7. The lowest BCUT2D eigenvalue weighted by molar-refractivity contribution is -0.139. The minimum atomic E-state index is -1.61. The van der Waals surface area contributed by atoms with Gasteiger partial charge >= 0.3 is 0 Å². The number of allylic oxidation sites excluding steroid dienone is 1. The fraction of sp³-hybridized carbons (Fsp3) is 0.810. The van der Waals surface area contributed by atoms with Gasteiger partial charge in [0.25, 0.3) is 0 Å². The average molecular weight is 1090 g/mol. The summed E-state index contributed by atoms with van der Waals surface area (Å²) in [6, 6.07) is -5.30. The summed E-state index contributed by atoms with van der Waals surface area (Å²) < 4.78 is 0. The van der Waals surface area contributed by atoms with Crippen molar-refractivity contribution in [2.24, 2.45) is 35.5 Å². The van der Waals surface area contributed by atoms with Crippen LogP contribution in [0.25, 0.3) is 0 Å². The molecule has 0 bridgehead atoms. The SMILES string of the molecule is CC[C@H](C)/C=C/C(=O)N1C[C@@H](C)C[C@H]1C(=O)N[C@@H](CCC1CCCCC1)C(=O)N[C@@H](CC(C)C)C(=O)NC(C)(C)C(=O)N[C@@H](CC(C)C)C(=O)N[C@@H](CC(C)C)C(=O)NC(C)(C)C(=O)NC(C)(C)C(=O)N[C@@H](C)CN(C)C. The largest absolute Gasteiger partial charge is 0.350 e. The van der Waals surface area contributed by atoms with Gasteiger partial charge in [-0.15, -0.1) is 0 Å². The number of carbonyl (C=O) groups excluding carboxylic acids is 9. The maximum absolute atomic E-state index is 14.4. The highest BCUT2D eigenvalue weighted by Gasteiger charge is 2.42. The molecule has 2 aliphatic rings. The second-order valence-electron chi connectivity index (χ2n) is 25.7. The van der Waals surface area contributed by atoms with Gasteiger partial charge in [-0.2, -0.15) is 0 Å². The maximum Gasteiger partial charge on any atom is 0.246 e. The molecular formula is C58H104N10O9. The lowest BCUT2D eigenvalue weighted by Gasteiger charge is -2.34. The van der Waals surface area contributed by atoms with Crippen molar-refractivity contribution < 1.29 is 43.2 Å². The smallest absolute Gasteiger partial charge is 0.246 e. The number of rotatable bonds is 30. The van der Waals surface area contributed by atoms with E-state index in [0.717, 1.165) is 32.1 Å². The van der Waals surface area contributed by atoms with E-state index in [9.17, 15) is 43.2 Å². The molecule has 0 aromatic carbocycles. The van der Waals surface area contributed by atoms with Crippen LogP contribution in [0.3, 0.4) is 0 Å². The van der Waals surface area contributed by atoms with Crippen LogP contribution in [0.2, 0.25) is 0 Å². The number of hydrogen-bond acceptors (Lipinski definition) is 10. The summed E-state index contributed by atoms with van der Waals surface area (Å²) in [5.74, 6) is -4.39. The Balaban J connectivity index is 2.31. The first-order chi connectivity index (χ1) is 35.6. The molecule has 2 rings (SSSR count). The van der Waals surface area contributed by atoms with Gasteiger partial charge in [0.05, 0.1) is 0 Å². The molecule has 1 saturated heterocycles. The van der Waals surface area contributed by atoms with Crippen LogP contribution < -0.4 is 42.5 Å². The zero-order valence-corrected chi connectivity index (χ0v) is 50.6. The highest BCUT2D eigenvalue weighted by molar-refractivity contribution is 6.00. The predicted molar refractivity (Wildman–Crippen MR) is 303 cm³/mol. The molecule has 0 radical (unpaired) electrons. The number of hydrogen-bond donors (Lipinski definition) is 8. The Morgan fingerprint density at radius 2 is 1.04 bits per heavy atom. The van der Waals surface area contributed by atoms with Crippen molar-refractivity contribution in [3.05, 3.63) is 12.2 Å². The van der Waals surface area contributed by atoms with E-state index < -0.39 is 94.1 Å². The van der Waals surface area contributed by atoms with Gasteiger partial charge in [-0.3, -0.25) is 43.2 Å². The lowest BCUT2D eigenvalue weighted by Crippen LogP contribution is -2.65. The number of likely N-dealkylation sites (tertiary alicyclic amines) is 1. The molecule has 2 fully saturated rings. The molecule has 440 valence electrons. The Kier molecular flexibility index (Phi) is 27.3. The zero-order valence-electron chi connectivity index (χ0n) is 50.6. The Hall–Kier alpha value is -5.07. The molecule has 0 spiro atoms. The fourth-order valence-corrected chi connectivity index (χ4v) is 9.82. The van der Waals surface area contributed by atoms with E-state index in [1.165, 1.54) is 40.2 Å². The van der Waals surface area contributed by atoms with E-state index in [4.69, 9.17) is 0 Å². The normalized spacial score (nSPS) is 19.0. The van der Waals surface area contributed by atoms with E-state index in [0.29, 0.717) is 38.3 Å². The van der Waals surface area contributed by atoms with Gasteiger partial charge in [0, 0.05) is 19.1 Å². The lowest BCUT2D eigenvalue weighted by atomic mass is 9.85. The van der Waals surface area contributed by atoms with E-state index in [2.05, 4.69) is 42.5 Å². The second-order valence-corrected chi connectivity index (χ2v) is 25.7. The molecule has 8 atom stereocenters. The summed E-state index contributed by atoms with van der Waals surface area (Å²) in [6.45, 7) is 29.4. The van der Waals surface area contributed by atoms with Gasteiger partial charge < -0.3 is 52.3 Å². The van der Waals surface area contributed by atoms with Gasteiger partial charge in [-0.1, -0.05) is 107 Å². The Morgan fingerprint density at radius 3 is 1.52 bits per heavy atom. The first-order valence-electron chi connectivity index (χ1n) is 28.7. The molecule has 1 saturated carbocycles. The summed E-state index contributed by atoms with van der Waals surface area (Å²) in [7, 11) is 3.78. The minimum absolute atomic E-state index is 0.0725. The number of nitrogens with one attached hydrogen (secondary N) is 8. The molecular weight excluding hydrogens is 981 g/mol. The number of likely N-dealkylation sites (N-methyl/N-ethyl adjacent to an activating group) is 1. The van der Waals surface area contributed by atoms with Crippen molar-refractivity contribution in [1.82, 2.24) is 52.3 Å². The van der Waals surface area contributed by atoms with Crippen molar-refractivity contribution in [2.75, 3.05) is 27.2 Å². The summed E-state index contributed by atoms with van der Waals surface area (Å²) in [5, 5.41) is 22.8. The summed E-state index contributed by atoms with van der Waals surface area (Å²) in [5.41, 5.74) is -4.46. The Bertz CT molecular complexity index is 2030. The molecule has 1 aliphatic carbocycles. The molecule has 19 heteroatoms. The molecule has 19 nitrogen and oxygen atoms in total. The van der Waals surface area contributed by atoms with Crippen LogP contribution in [-0.2, 0) is 43.2 Å². The standard InChI is InChI=1S/C58H104N10O9/c1-19-38(8)25-28-47(69)68-33-39(9)32-46(68)52(74)60-42(27-26-41-23-21-20-22-24-41)48(70)61-44(30-36(4)5)50(72)64-56(11,12)54(76)63-43(29-35(2)3)49(71)62-45(31-37(6)7)51(73)65-58(15,16)55(77)66-57(13,14)53(75)59-40(10)34-67(17)18/h25,28,35-46H,19-24,26-27,29-34H2,1-18H3,(H,59,75)(H,60,74)(H,61,70)(H,62,71)(H,63,76)(H,64,72)(H,65,73)(H,66,77)/b28-25+/t38-,39-,40-,42-,43-,44-,45-,46-/m0/s1. The van der Waals surface area contributed by atoms with E-state index in [1.807, 2.05) is 94.3 Å². The molecule has 8 N–H and O–H groups in total. The number of nitrogens with zero attached hydrogens (tertiary/aromatic N) is 2. The first kappa shape index (κ1) is 68.0. The molecule has 0 aromatic rings. The van der Waals surface area contributed by atoms with Crippen LogP contribution in [0, 0.1) is 35.5 Å². The average Bonchev–Trinajstić information content (AvgIpc) is 3.71. The van der Waals surface area contributed by atoms with Crippen LogP contribution in [-0.4, -0.2) is 143 Å². The van der Waals surface area contributed by atoms with Gasteiger partial charge in [-0.05, 0) is 143 Å². The summed E-state index contributed by atoms with van der Waals surface area (Å²) >= 11 is 0. The third kappa shape index (κ3) is 23.4. The zero-order chi connectivity index (χ0) is 58.7. The molecule has 77 heavy (non-hydrogen) atoms. The van der Waals surface area contributed by atoms with Gasteiger partial charge in [0.1, 0.15) is 46.8 Å². The molecule has 9 amide bonds. The van der Waals surface area contributed by atoms with Crippen LogP contribution >= 0.6 is 0 Å². The van der Waals surface area contributed by atoms with Crippen LogP contribution in [0.4, 0.5) is 0 Å². The summed E-state index contributed by atoms with van der Waals surface area (Å²) in [4.78, 5) is 129.